The van der Waals surface area contributed by atoms with Crippen molar-refractivity contribution in [3.8, 4) is 0 Å². The van der Waals surface area contributed by atoms with E-state index < -0.39 is 5.60 Å². The Hall–Kier alpha value is -1.55. The number of benzene rings is 1. The van der Waals surface area contributed by atoms with Crippen molar-refractivity contribution in [1.29, 1.82) is 0 Å². The maximum Gasteiger partial charge on any atom is 0.410 e. The molecule has 1 heterocycles. The van der Waals surface area contributed by atoms with Crippen LogP contribution in [0.1, 0.15) is 32.8 Å². The van der Waals surface area contributed by atoms with Crippen molar-refractivity contribution < 1.29 is 9.53 Å². The Bertz CT molecular complexity index is 454. The lowest BCUT2D eigenvalue weighted by Crippen LogP contribution is -2.54. The number of piperazine rings is 1. The normalized spacial score (nSPS) is 19.4. The lowest BCUT2D eigenvalue weighted by Gasteiger charge is -2.37. The summed E-state index contributed by atoms with van der Waals surface area (Å²) in [7, 11) is 0. The van der Waals surface area contributed by atoms with Crippen LogP contribution in [-0.4, -0.2) is 42.3 Å². The molecule has 0 aromatic heterocycles. The molecule has 0 aliphatic carbocycles. The molecule has 4 heteroatoms. The molecule has 1 aliphatic rings. The maximum atomic E-state index is 12.3. The van der Waals surface area contributed by atoms with Gasteiger partial charge in [-0.15, -0.1) is 0 Å². The van der Waals surface area contributed by atoms with Gasteiger partial charge in [0.2, 0.25) is 0 Å². The third-order valence-electron chi connectivity index (χ3n) is 3.59. The van der Waals surface area contributed by atoms with Gasteiger partial charge in [-0.05, 0) is 39.2 Å². The Labute approximate surface area is 127 Å². The highest BCUT2D eigenvalue weighted by Crippen LogP contribution is 2.16. The summed E-state index contributed by atoms with van der Waals surface area (Å²) < 4.78 is 5.52. The van der Waals surface area contributed by atoms with E-state index in [1.165, 1.54) is 5.56 Å². The topological polar surface area (TPSA) is 41.6 Å². The van der Waals surface area contributed by atoms with Crippen LogP contribution in [-0.2, 0) is 11.2 Å². The number of carbonyl (C=O) groups is 1. The van der Waals surface area contributed by atoms with E-state index in [0.717, 1.165) is 25.9 Å². The molecular formula is C17H26N2O2. The Morgan fingerprint density at radius 3 is 2.71 bits per heavy atom. The van der Waals surface area contributed by atoms with Crippen LogP contribution in [0, 0.1) is 0 Å². The molecule has 1 saturated heterocycles. The number of nitrogens with zero attached hydrogens (tertiary/aromatic N) is 1. The van der Waals surface area contributed by atoms with Crippen LogP contribution in [0.15, 0.2) is 30.3 Å². The van der Waals surface area contributed by atoms with Crippen molar-refractivity contribution in [1.82, 2.24) is 10.2 Å². The molecule has 4 nitrogen and oxygen atoms in total. The van der Waals surface area contributed by atoms with Gasteiger partial charge in [0, 0.05) is 25.7 Å². The van der Waals surface area contributed by atoms with Crippen molar-refractivity contribution in [2.45, 2.75) is 45.3 Å². The molecule has 0 bridgehead atoms. The summed E-state index contributed by atoms with van der Waals surface area (Å²) in [5, 5.41) is 3.37. The molecule has 0 saturated carbocycles. The first-order chi connectivity index (χ1) is 9.96. The summed E-state index contributed by atoms with van der Waals surface area (Å²) in [6.45, 7) is 8.12. The number of hydrogen-bond acceptors (Lipinski definition) is 3. The number of carbonyl (C=O) groups excluding carboxylic acids is 1. The van der Waals surface area contributed by atoms with E-state index in [9.17, 15) is 4.79 Å². The number of hydrogen-bond donors (Lipinski definition) is 1. The van der Waals surface area contributed by atoms with E-state index in [0.29, 0.717) is 6.54 Å². The fourth-order valence-electron chi connectivity index (χ4n) is 2.56. The van der Waals surface area contributed by atoms with Crippen LogP contribution >= 0.6 is 0 Å². The van der Waals surface area contributed by atoms with Crippen molar-refractivity contribution in [2.75, 3.05) is 19.6 Å². The van der Waals surface area contributed by atoms with Crippen molar-refractivity contribution in [3.05, 3.63) is 35.9 Å². The second kappa shape index (κ2) is 6.94. The predicted molar refractivity (Wildman–Crippen MR) is 84.4 cm³/mol. The number of rotatable bonds is 3. The van der Waals surface area contributed by atoms with Crippen LogP contribution in [0.4, 0.5) is 4.79 Å². The van der Waals surface area contributed by atoms with Crippen molar-refractivity contribution in [3.63, 3.8) is 0 Å². The van der Waals surface area contributed by atoms with Gasteiger partial charge in [0.05, 0.1) is 0 Å². The molecule has 1 fully saturated rings. The SMILES string of the molecule is CC(C)(C)OC(=O)N1CCNC[C@H]1CCc1ccccc1. The third-order valence-corrected chi connectivity index (χ3v) is 3.59. The standard InChI is InChI=1S/C17H26N2O2/c1-17(2,3)21-16(20)19-12-11-18-13-15(19)10-9-14-7-5-4-6-8-14/h4-8,15,18H,9-13H2,1-3H3/t15-/m1/s1. The molecule has 1 aromatic rings. The second-order valence-electron chi connectivity index (χ2n) is 6.56. The predicted octanol–water partition coefficient (Wildman–Crippen LogP) is 2.83. The van der Waals surface area contributed by atoms with Crippen LogP contribution in [0.25, 0.3) is 0 Å². The zero-order valence-electron chi connectivity index (χ0n) is 13.3. The fourth-order valence-corrected chi connectivity index (χ4v) is 2.56. The third kappa shape index (κ3) is 5.05. The van der Waals surface area contributed by atoms with E-state index in [4.69, 9.17) is 4.74 Å². The molecule has 1 aromatic carbocycles. The van der Waals surface area contributed by atoms with Gasteiger partial charge in [-0.3, -0.25) is 0 Å². The Morgan fingerprint density at radius 1 is 1.33 bits per heavy atom. The minimum Gasteiger partial charge on any atom is -0.444 e. The summed E-state index contributed by atoms with van der Waals surface area (Å²) in [5.41, 5.74) is 0.874. The van der Waals surface area contributed by atoms with E-state index in [1.807, 2.05) is 31.7 Å². The van der Waals surface area contributed by atoms with Gasteiger partial charge in [0.1, 0.15) is 5.60 Å². The Balaban J connectivity index is 1.94. The van der Waals surface area contributed by atoms with E-state index >= 15 is 0 Å². The van der Waals surface area contributed by atoms with Crippen LogP contribution < -0.4 is 5.32 Å². The number of aryl methyl sites for hydroxylation is 1. The summed E-state index contributed by atoms with van der Waals surface area (Å²) in [6.07, 6.45) is 1.74. The monoisotopic (exact) mass is 290 g/mol. The first-order valence-corrected chi connectivity index (χ1v) is 7.70. The van der Waals surface area contributed by atoms with Gasteiger partial charge in [-0.25, -0.2) is 4.79 Å². The van der Waals surface area contributed by atoms with Gasteiger partial charge in [-0.2, -0.15) is 0 Å². The number of ether oxygens (including phenoxy) is 1. The summed E-state index contributed by atoms with van der Waals surface area (Å²) in [5.74, 6) is 0. The van der Waals surface area contributed by atoms with Gasteiger partial charge in [0.15, 0.2) is 0 Å². The molecule has 1 amide bonds. The first kappa shape index (κ1) is 15.8. The van der Waals surface area contributed by atoms with E-state index in [2.05, 4.69) is 29.6 Å². The van der Waals surface area contributed by atoms with Gasteiger partial charge in [0.25, 0.3) is 0 Å². The molecule has 0 spiro atoms. The molecule has 0 unspecified atom stereocenters. The number of nitrogens with one attached hydrogen (secondary N) is 1. The second-order valence-corrected chi connectivity index (χ2v) is 6.56. The van der Waals surface area contributed by atoms with Crippen molar-refractivity contribution in [2.24, 2.45) is 0 Å². The molecule has 1 N–H and O–H groups in total. The summed E-state index contributed by atoms with van der Waals surface area (Å²) in [6, 6.07) is 10.6. The maximum absolute atomic E-state index is 12.3. The molecule has 0 radical (unpaired) electrons. The smallest absolute Gasteiger partial charge is 0.410 e. The minimum absolute atomic E-state index is 0.193. The first-order valence-electron chi connectivity index (χ1n) is 7.70. The lowest BCUT2D eigenvalue weighted by molar-refractivity contribution is 0.0112. The molecule has 1 aliphatic heterocycles. The highest BCUT2D eigenvalue weighted by molar-refractivity contribution is 5.68. The lowest BCUT2D eigenvalue weighted by atomic mass is 10.0. The van der Waals surface area contributed by atoms with Gasteiger partial charge < -0.3 is 15.0 Å². The average molecular weight is 290 g/mol. The largest absolute Gasteiger partial charge is 0.444 e. The number of amides is 1. The summed E-state index contributed by atoms with van der Waals surface area (Å²) in [4.78, 5) is 14.2. The molecule has 2 rings (SSSR count). The summed E-state index contributed by atoms with van der Waals surface area (Å²) >= 11 is 0. The van der Waals surface area contributed by atoms with Crippen LogP contribution in [0.3, 0.4) is 0 Å². The Kier molecular flexibility index (Phi) is 5.23. The van der Waals surface area contributed by atoms with Crippen LogP contribution in [0.5, 0.6) is 0 Å². The van der Waals surface area contributed by atoms with Crippen LogP contribution in [0.2, 0.25) is 0 Å². The highest BCUT2D eigenvalue weighted by Gasteiger charge is 2.29. The van der Waals surface area contributed by atoms with E-state index in [1.54, 1.807) is 0 Å². The average Bonchev–Trinajstić information content (AvgIpc) is 2.45. The molecule has 1 atom stereocenters. The van der Waals surface area contributed by atoms with E-state index in [-0.39, 0.29) is 12.1 Å². The van der Waals surface area contributed by atoms with Crippen molar-refractivity contribution >= 4 is 6.09 Å². The van der Waals surface area contributed by atoms with Gasteiger partial charge >= 0.3 is 6.09 Å². The quantitative estimate of drug-likeness (QED) is 0.930. The molecular weight excluding hydrogens is 264 g/mol. The zero-order valence-corrected chi connectivity index (χ0v) is 13.3. The zero-order chi connectivity index (χ0) is 15.3. The van der Waals surface area contributed by atoms with Gasteiger partial charge in [-0.1, -0.05) is 30.3 Å². The highest BCUT2D eigenvalue weighted by atomic mass is 16.6. The molecule has 116 valence electrons. The Morgan fingerprint density at radius 2 is 2.05 bits per heavy atom. The fraction of sp³-hybridized carbons (Fsp3) is 0.588. The minimum atomic E-state index is -0.439. The molecule has 21 heavy (non-hydrogen) atoms.